The number of anilines is 2. The largest absolute Gasteiger partial charge is 0.494 e. The number of aliphatic hydroxyl groups is 1. The van der Waals surface area contributed by atoms with Crippen LogP contribution < -0.4 is 14.5 Å². The van der Waals surface area contributed by atoms with Crippen molar-refractivity contribution >= 4 is 39.9 Å². The molecule has 3 aromatic carbocycles. The van der Waals surface area contributed by atoms with Crippen LogP contribution in [0.15, 0.2) is 91.0 Å². The zero-order chi connectivity index (χ0) is 31.1. The van der Waals surface area contributed by atoms with Crippen LogP contribution in [-0.4, -0.2) is 78.3 Å². The first-order valence-electron chi connectivity index (χ1n) is 15.7. The van der Waals surface area contributed by atoms with Gasteiger partial charge in [-0.15, -0.1) is 0 Å². The van der Waals surface area contributed by atoms with Gasteiger partial charge in [0.2, 0.25) is 11.8 Å². The maximum absolute atomic E-state index is 14.7. The lowest BCUT2D eigenvalue weighted by Crippen LogP contribution is -2.55. The van der Waals surface area contributed by atoms with Crippen molar-refractivity contribution in [3.63, 3.8) is 0 Å². The molecule has 3 amide bonds. The minimum Gasteiger partial charge on any atom is -0.494 e. The number of carbonyl (C=O) groups excluding carboxylic acids is 3. The van der Waals surface area contributed by atoms with E-state index in [9.17, 15) is 19.5 Å². The van der Waals surface area contributed by atoms with E-state index in [1.54, 1.807) is 14.7 Å². The van der Waals surface area contributed by atoms with Crippen LogP contribution in [0.5, 0.6) is 5.75 Å². The molecule has 0 radical (unpaired) electrons. The number of unbranched alkanes of at least 4 members (excludes halogenated alkanes) is 1. The number of rotatable bonds is 8. The molecule has 0 aliphatic carbocycles. The highest BCUT2D eigenvalue weighted by Crippen LogP contribution is 2.54. The van der Waals surface area contributed by atoms with E-state index in [-0.39, 0.29) is 30.9 Å². The van der Waals surface area contributed by atoms with Gasteiger partial charge in [0.15, 0.2) is 0 Å². The molecule has 2 fully saturated rings. The lowest BCUT2D eigenvalue weighted by molar-refractivity contribution is -0.140. The van der Waals surface area contributed by atoms with Crippen molar-refractivity contribution in [3.05, 3.63) is 91.0 Å². The van der Waals surface area contributed by atoms with Crippen LogP contribution in [0, 0.1) is 11.8 Å². The SMILES string of the molecule is CCOc1ccc(N2CC=C[C@@H]3O[C@]45C=CCN(c6ccc7ccccc7c6)C(=O)C4N(CCCCO)C(=O)[C@@H]5[C@@H]3C2=O)cc1. The standard InChI is InChI=1S/C36H37N3O6/c1-2-44-28-16-14-26(15-17-28)37-20-7-11-29-30(33(37)41)31-34(42)39(19-5-6-22-40)32-35(43)38(21-8-18-36(31,32)45-29)27-13-12-24-9-3-4-10-25(24)23-27/h3-4,7-18,23,29-32,40H,2,5-6,19-22H2,1H3/t29-,30+,31-,32?,36-/m0/s1. The van der Waals surface area contributed by atoms with Crippen molar-refractivity contribution in [3.8, 4) is 5.75 Å². The molecule has 4 aliphatic heterocycles. The zero-order valence-electron chi connectivity index (χ0n) is 25.2. The molecule has 4 aliphatic rings. The Morgan fingerprint density at radius 2 is 1.60 bits per heavy atom. The molecule has 0 bridgehead atoms. The summed E-state index contributed by atoms with van der Waals surface area (Å²) >= 11 is 0. The number of ether oxygens (including phenoxy) is 2. The second-order valence-electron chi connectivity index (χ2n) is 12.0. The molecule has 9 heteroatoms. The Balaban J connectivity index is 1.27. The van der Waals surface area contributed by atoms with Gasteiger partial charge in [-0.1, -0.05) is 54.6 Å². The molecule has 0 saturated carbocycles. The van der Waals surface area contributed by atoms with Crippen LogP contribution in [0.2, 0.25) is 0 Å². The summed E-state index contributed by atoms with van der Waals surface area (Å²) in [5, 5.41) is 11.6. The first-order chi connectivity index (χ1) is 22.0. The third kappa shape index (κ3) is 4.82. The third-order valence-electron chi connectivity index (χ3n) is 9.47. The number of aliphatic hydroxyl groups excluding tert-OH is 1. The Kier molecular flexibility index (Phi) is 7.67. The molecular weight excluding hydrogens is 570 g/mol. The van der Waals surface area contributed by atoms with Gasteiger partial charge < -0.3 is 29.3 Å². The summed E-state index contributed by atoms with van der Waals surface area (Å²) in [4.78, 5) is 48.5. The minimum absolute atomic E-state index is 0.0140. The van der Waals surface area contributed by atoms with Crippen LogP contribution in [-0.2, 0) is 19.1 Å². The Hall–Kier alpha value is -4.47. The smallest absolute Gasteiger partial charge is 0.253 e. The normalized spacial score (nSPS) is 27.4. The molecule has 232 valence electrons. The van der Waals surface area contributed by atoms with E-state index in [1.165, 1.54) is 0 Å². The fraction of sp³-hybridized carbons (Fsp3) is 0.361. The van der Waals surface area contributed by atoms with E-state index in [1.807, 2.05) is 98.0 Å². The van der Waals surface area contributed by atoms with Gasteiger partial charge in [0.05, 0.1) is 24.5 Å². The summed E-state index contributed by atoms with van der Waals surface area (Å²) in [7, 11) is 0. The molecule has 2 saturated heterocycles. The quantitative estimate of drug-likeness (QED) is 0.306. The molecule has 3 aromatic rings. The molecular formula is C36H37N3O6. The van der Waals surface area contributed by atoms with Gasteiger partial charge in [-0.05, 0) is 66.9 Å². The Labute approximate surface area is 262 Å². The molecule has 1 unspecified atom stereocenters. The lowest BCUT2D eigenvalue weighted by atomic mass is 9.77. The van der Waals surface area contributed by atoms with E-state index < -0.39 is 29.6 Å². The van der Waals surface area contributed by atoms with Crippen molar-refractivity contribution in [1.29, 1.82) is 0 Å². The number of hydrogen-bond acceptors (Lipinski definition) is 6. The number of carbonyl (C=O) groups is 3. The van der Waals surface area contributed by atoms with Gasteiger partial charge in [0.1, 0.15) is 17.4 Å². The first kappa shape index (κ1) is 29.3. The van der Waals surface area contributed by atoms with Gasteiger partial charge in [-0.25, -0.2) is 0 Å². The van der Waals surface area contributed by atoms with Crippen LogP contribution in [0.3, 0.4) is 0 Å². The molecule has 1 N–H and O–H groups in total. The fourth-order valence-corrected chi connectivity index (χ4v) is 7.47. The molecule has 45 heavy (non-hydrogen) atoms. The summed E-state index contributed by atoms with van der Waals surface area (Å²) in [5.41, 5.74) is 0.124. The highest BCUT2D eigenvalue weighted by Gasteiger charge is 2.71. The number of amides is 3. The summed E-state index contributed by atoms with van der Waals surface area (Å²) in [6.45, 7) is 3.37. The van der Waals surface area contributed by atoms with Gasteiger partial charge in [-0.2, -0.15) is 0 Å². The monoisotopic (exact) mass is 607 g/mol. The summed E-state index contributed by atoms with van der Waals surface area (Å²) in [6.07, 6.45) is 7.89. The molecule has 0 aromatic heterocycles. The number of hydrogen-bond donors (Lipinski definition) is 1. The van der Waals surface area contributed by atoms with Crippen molar-refractivity contribution in [2.45, 2.75) is 37.5 Å². The highest BCUT2D eigenvalue weighted by atomic mass is 16.5. The van der Waals surface area contributed by atoms with Crippen LogP contribution in [0.4, 0.5) is 11.4 Å². The third-order valence-corrected chi connectivity index (χ3v) is 9.47. The van der Waals surface area contributed by atoms with Gasteiger partial charge >= 0.3 is 0 Å². The molecule has 7 rings (SSSR count). The van der Waals surface area contributed by atoms with E-state index in [4.69, 9.17) is 9.47 Å². The number of fused-ring (bicyclic) bond motifs is 3. The van der Waals surface area contributed by atoms with Crippen molar-refractivity contribution in [2.24, 2.45) is 11.8 Å². The predicted molar refractivity (Wildman–Crippen MR) is 171 cm³/mol. The maximum Gasteiger partial charge on any atom is 0.253 e. The molecule has 9 nitrogen and oxygen atoms in total. The van der Waals surface area contributed by atoms with E-state index in [0.717, 1.165) is 16.5 Å². The predicted octanol–water partition coefficient (Wildman–Crippen LogP) is 4.10. The average molecular weight is 608 g/mol. The lowest BCUT2D eigenvalue weighted by Gasteiger charge is -2.35. The minimum atomic E-state index is -1.31. The van der Waals surface area contributed by atoms with Crippen molar-refractivity contribution in [2.75, 3.05) is 42.6 Å². The van der Waals surface area contributed by atoms with Crippen LogP contribution >= 0.6 is 0 Å². The molecule has 5 atom stereocenters. The number of benzene rings is 3. The summed E-state index contributed by atoms with van der Waals surface area (Å²) in [6, 6.07) is 20.3. The second kappa shape index (κ2) is 11.8. The van der Waals surface area contributed by atoms with Crippen LogP contribution in [0.25, 0.3) is 10.8 Å². The number of nitrogens with zero attached hydrogens (tertiary/aromatic N) is 3. The molecule has 4 heterocycles. The second-order valence-corrected chi connectivity index (χ2v) is 12.0. The van der Waals surface area contributed by atoms with Crippen molar-refractivity contribution < 1.29 is 29.0 Å². The van der Waals surface area contributed by atoms with Gasteiger partial charge in [-0.3, -0.25) is 14.4 Å². The zero-order valence-corrected chi connectivity index (χ0v) is 25.2. The van der Waals surface area contributed by atoms with Gasteiger partial charge in [0, 0.05) is 37.6 Å². The average Bonchev–Trinajstić information content (AvgIpc) is 3.36. The van der Waals surface area contributed by atoms with E-state index >= 15 is 0 Å². The first-order valence-corrected chi connectivity index (χ1v) is 15.7. The van der Waals surface area contributed by atoms with Crippen LogP contribution in [0.1, 0.15) is 19.8 Å². The Morgan fingerprint density at radius 3 is 2.38 bits per heavy atom. The number of likely N-dealkylation sites (tertiary alicyclic amines) is 1. The summed E-state index contributed by atoms with van der Waals surface area (Å²) in [5.74, 6) is -1.69. The Bertz CT molecular complexity index is 1690. The fourth-order valence-electron chi connectivity index (χ4n) is 7.47. The maximum atomic E-state index is 14.7. The summed E-state index contributed by atoms with van der Waals surface area (Å²) < 4.78 is 12.4. The van der Waals surface area contributed by atoms with E-state index in [0.29, 0.717) is 44.0 Å². The van der Waals surface area contributed by atoms with Gasteiger partial charge in [0.25, 0.3) is 5.91 Å². The van der Waals surface area contributed by atoms with Crippen molar-refractivity contribution in [1.82, 2.24) is 4.90 Å². The Morgan fingerprint density at radius 1 is 0.867 bits per heavy atom. The highest BCUT2D eigenvalue weighted by molar-refractivity contribution is 6.08. The van der Waals surface area contributed by atoms with E-state index in [2.05, 4.69) is 0 Å². The topological polar surface area (TPSA) is 99.6 Å². The molecule has 1 spiro atoms.